The molecule has 0 aromatic rings. The number of rotatable bonds is 6. The Morgan fingerprint density at radius 3 is 2.56 bits per heavy atom. The molecule has 1 fully saturated rings. The minimum absolute atomic E-state index is 0.624. The van der Waals surface area contributed by atoms with E-state index in [9.17, 15) is 0 Å². The summed E-state index contributed by atoms with van der Waals surface area (Å²) in [6, 6.07) is 0.624. The molecule has 106 valence electrons. The normalized spacial score (nSPS) is 24.9. The second-order valence-electron chi connectivity index (χ2n) is 5.30. The fourth-order valence-corrected chi connectivity index (χ4v) is 2.86. The monoisotopic (exact) mass is 271 g/mol. The molecule has 1 saturated carbocycles. The van der Waals surface area contributed by atoms with Crippen LogP contribution >= 0.6 is 11.8 Å². The van der Waals surface area contributed by atoms with Gasteiger partial charge in [-0.3, -0.25) is 4.99 Å². The highest BCUT2D eigenvalue weighted by atomic mass is 32.2. The van der Waals surface area contributed by atoms with Gasteiger partial charge in [-0.2, -0.15) is 11.8 Å². The van der Waals surface area contributed by atoms with E-state index in [1.807, 2.05) is 18.8 Å². The Labute approximate surface area is 117 Å². The van der Waals surface area contributed by atoms with E-state index in [-0.39, 0.29) is 0 Å². The lowest BCUT2D eigenvalue weighted by atomic mass is 9.87. The Morgan fingerprint density at radius 2 is 1.94 bits per heavy atom. The number of nitrogens with zero attached hydrogens (tertiary/aromatic N) is 1. The number of guanidine groups is 1. The van der Waals surface area contributed by atoms with Crippen LogP contribution < -0.4 is 10.6 Å². The zero-order valence-corrected chi connectivity index (χ0v) is 13.0. The zero-order valence-electron chi connectivity index (χ0n) is 12.2. The highest BCUT2D eigenvalue weighted by molar-refractivity contribution is 7.98. The first-order chi connectivity index (χ1) is 8.76. The van der Waals surface area contributed by atoms with Gasteiger partial charge in [0, 0.05) is 19.6 Å². The summed E-state index contributed by atoms with van der Waals surface area (Å²) in [5.41, 5.74) is 0. The Kier molecular flexibility index (Phi) is 8.31. The van der Waals surface area contributed by atoms with Crippen molar-refractivity contribution in [1.29, 1.82) is 0 Å². The van der Waals surface area contributed by atoms with Crippen LogP contribution in [0.1, 0.15) is 45.4 Å². The molecule has 0 aromatic carbocycles. The molecule has 2 N–H and O–H groups in total. The van der Waals surface area contributed by atoms with Crippen molar-refractivity contribution in [2.75, 3.05) is 25.6 Å². The predicted molar refractivity (Wildman–Crippen MR) is 83.5 cm³/mol. The third-order valence-electron chi connectivity index (χ3n) is 3.65. The highest BCUT2D eigenvalue weighted by Gasteiger charge is 2.18. The first kappa shape index (κ1) is 15.7. The van der Waals surface area contributed by atoms with Crippen LogP contribution in [0.3, 0.4) is 0 Å². The fourth-order valence-electron chi connectivity index (χ4n) is 2.37. The van der Waals surface area contributed by atoms with Crippen molar-refractivity contribution in [3.8, 4) is 0 Å². The number of unbranched alkanes of at least 4 members (excludes halogenated alkanes) is 1. The molecular weight excluding hydrogens is 242 g/mol. The molecule has 18 heavy (non-hydrogen) atoms. The van der Waals surface area contributed by atoms with E-state index in [0.29, 0.717) is 6.04 Å². The molecule has 0 saturated heterocycles. The number of hydrogen-bond acceptors (Lipinski definition) is 2. The summed E-state index contributed by atoms with van der Waals surface area (Å²) in [7, 11) is 1.86. The molecule has 4 heteroatoms. The first-order valence-corrected chi connectivity index (χ1v) is 8.61. The van der Waals surface area contributed by atoms with E-state index in [0.717, 1.165) is 18.4 Å². The molecule has 0 heterocycles. The number of aliphatic imine (C=N–C) groups is 1. The average Bonchev–Trinajstić information content (AvgIpc) is 2.39. The van der Waals surface area contributed by atoms with E-state index < -0.39 is 0 Å². The maximum Gasteiger partial charge on any atom is 0.191 e. The van der Waals surface area contributed by atoms with Crippen LogP contribution in [0.5, 0.6) is 0 Å². The second kappa shape index (κ2) is 9.54. The average molecular weight is 271 g/mol. The van der Waals surface area contributed by atoms with E-state index >= 15 is 0 Å². The van der Waals surface area contributed by atoms with Crippen molar-refractivity contribution in [2.24, 2.45) is 10.9 Å². The van der Waals surface area contributed by atoms with Gasteiger partial charge in [0.05, 0.1) is 0 Å². The minimum Gasteiger partial charge on any atom is -0.356 e. The van der Waals surface area contributed by atoms with E-state index in [1.165, 1.54) is 44.3 Å². The maximum atomic E-state index is 4.31. The summed E-state index contributed by atoms with van der Waals surface area (Å²) in [5.74, 6) is 3.15. The Morgan fingerprint density at radius 1 is 1.22 bits per heavy atom. The second-order valence-corrected chi connectivity index (χ2v) is 6.29. The molecule has 0 unspecified atom stereocenters. The molecule has 0 amide bonds. The van der Waals surface area contributed by atoms with E-state index in [4.69, 9.17) is 0 Å². The van der Waals surface area contributed by atoms with Crippen LogP contribution in [-0.4, -0.2) is 37.6 Å². The van der Waals surface area contributed by atoms with Gasteiger partial charge in [-0.05, 0) is 56.5 Å². The lowest BCUT2D eigenvalue weighted by molar-refractivity contribution is 0.329. The van der Waals surface area contributed by atoms with Gasteiger partial charge in [-0.1, -0.05) is 6.92 Å². The van der Waals surface area contributed by atoms with Crippen molar-refractivity contribution >= 4 is 17.7 Å². The van der Waals surface area contributed by atoms with Crippen molar-refractivity contribution < 1.29 is 0 Å². The van der Waals surface area contributed by atoms with Gasteiger partial charge in [0.2, 0.25) is 0 Å². The van der Waals surface area contributed by atoms with Gasteiger partial charge in [-0.25, -0.2) is 0 Å². The molecule has 3 nitrogen and oxygen atoms in total. The predicted octanol–water partition coefficient (Wildman–Crippen LogP) is 2.87. The first-order valence-electron chi connectivity index (χ1n) is 7.22. The van der Waals surface area contributed by atoms with Crippen LogP contribution in [-0.2, 0) is 0 Å². The lowest BCUT2D eigenvalue weighted by Crippen LogP contribution is -2.45. The van der Waals surface area contributed by atoms with Gasteiger partial charge >= 0.3 is 0 Å². The highest BCUT2D eigenvalue weighted by Crippen LogP contribution is 2.23. The molecule has 1 aliphatic rings. The number of hydrogen-bond donors (Lipinski definition) is 2. The molecule has 0 aromatic heterocycles. The SMILES string of the molecule is CN=C(NCCCCSC)NC1CCC(C)CC1. The Balaban J connectivity index is 2.13. The summed E-state index contributed by atoms with van der Waals surface area (Å²) in [4.78, 5) is 4.31. The van der Waals surface area contributed by atoms with Crippen LogP contribution in [0.25, 0.3) is 0 Å². The van der Waals surface area contributed by atoms with Gasteiger partial charge < -0.3 is 10.6 Å². The summed E-state index contributed by atoms with van der Waals surface area (Å²) in [6.07, 6.45) is 9.95. The molecule has 1 aliphatic carbocycles. The molecule has 1 rings (SSSR count). The van der Waals surface area contributed by atoms with Crippen LogP contribution in [0.15, 0.2) is 4.99 Å². The largest absolute Gasteiger partial charge is 0.356 e. The Hall–Kier alpha value is -0.380. The third kappa shape index (κ3) is 6.53. The van der Waals surface area contributed by atoms with Gasteiger partial charge in [-0.15, -0.1) is 0 Å². The summed E-state index contributed by atoms with van der Waals surface area (Å²) < 4.78 is 0. The minimum atomic E-state index is 0.624. The van der Waals surface area contributed by atoms with Crippen molar-refractivity contribution in [3.63, 3.8) is 0 Å². The summed E-state index contributed by atoms with van der Waals surface area (Å²) in [5, 5.41) is 6.97. The van der Waals surface area contributed by atoms with Crippen LogP contribution in [0.4, 0.5) is 0 Å². The molecule has 0 atom stereocenters. The van der Waals surface area contributed by atoms with Gasteiger partial charge in [0.15, 0.2) is 5.96 Å². The van der Waals surface area contributed by atoms with Gasteiger partial charge in [0.25, 0.3) is 0 Å². The smallest absolute Gasteiger partial charge is 0.191 e. The van der Waals surface area contributed by atoms with Crippen LogP contribution in [0.2, 0.25) is 0 Å². The molecule has 0 bridgehead atoms. The quantitative estimate of drug-likeness (QED) is 0.443. The summed E-state index contributed by atoms with van der Waals surface area (Å²) >= 11 is 1.92. The molecule has 0 spiro atoms. The standard InChI is InChI=1S/C14H29N3S/c1-12-6-8-13(9-7-12)17-14(15-2)16-10-4-5-11-18-3/h12-13H,4-11H2,1-3H3,(H2,15,16,17). The van der Waals surface area contributed by atoms with Crippen molar-refractivity contribution in [3.05, 3.63) is 0 Å². The topological polar surface area (TPSA) is 36.4 Å². The zero-order chi connectivity index (χ0) is 13.2. The van der Waals surface area contributed by atoms with Crippen molar-refractivity contribution in [1.82, 2.24) is 10.6 Å². The molecule has 0 aliphatic heterocycles. The molecular formula is C14H29N3S. The fraction of sp³-hybridized carbons (Fsp3) is 0.929. The number of nitrogens with one attached hydrogen (secondary N) is 2. The molecule has 0 radical (unpaired) electrons. The lowest BCUT2D eigenvalue weighted by Gasteiger charge is -2.28. The van der Waals surface area contributed by atoms with Crippen molar-refractivity contribution in [2.45, 2.75) is 51.5 Å². The van der Waals surface area contributed by atoms with E-state index in [1.54, 1.807) is 0 Å². The number of thioether (sulfide) groups is 1. The summed E-state index contributed by atoms with van der Waals surface area (Å²) in [6.45, 7) is 3.39. The Bertz CT molecular complexity index is 235. The van der Waals surface area contributed by atoms with Gasteiger partial charge in [0.1, 0.15) is 0 Å². The third-order valence-corrected chi connectivity index (χ3v) is 4.34. The van der Waals surface area contributed by atoms with E-state index in [2.05, 4.69) is 28.8 Å². The maximum absolute atomic E-state index is 4.31. The van der Waals surface area contributed by atoms with Crippen LogP contribution in [0, 0.1) is 5.92 Å².